The van der Waals surface area contributed by atoms with E-state index >= 15 is 0 Å². The van der Waals surface area contributed by atoms with Crippen LogP contribution in [-0.2, 0) is 11.3 Å². The molecule has 1 fully saturated rings. The molecule has 3 rings (SSSR count). The molecule has 126 valence electrons. The molecular formula is C19H21NO4. The number of ketones is 1. The number of nitrogens with zero attached hydrogens (tertiary/aromatic N) is 1. The fourth-order valence-electron chi connectivity index (χ4n) is 3.16. The molecule has 2 aromatic rings. The predicted octanol–water partition coefficient (Wildman–Crippen LogP) is 3.16. The van der Waals surface area contributed by atoms with E-state index in [1.165, 1.54) is 13.4 Å². The summed E-state index contributed by atoms with van der Waals surface area (Å²) in [7, 11) is 1.34. The van der Waals surface area contributed by atoms with Gasteiger partial charge in [0.15, 0.2) is 5.78 Å². The molecule has 0 bridgehead atoms. The number of likely N-dealkylation sites (tertiary alicyclic amines) is 1. The molecular weight excluding hydrogens is 306 g/mol. The molecule has 1 aromatic heterocycles. The normalized spacial score (nSPS) is 16.0. The number of piperidine rings is 1. The summed E-state index contributed by atoms with van der Waals surface area (Å²) >= 11 is 0. The van der Waals surface area contributed by atoms with Gasteiger partial charge in [0.25, 0.3) is 0 Å². The first-order valence-corrected chi connectivity index (χ1v) is 8.15. The third-order valence-corrected chi connectivity index (χ3v) is 4.53. The lowest BCUT2D eigenvalue weighted by molar-refractivity contribution is 0.0561. The van der Waals surface area contributed by atoms with Crippen LogP contribution in [0.1, 0.15) is 39.3 Å². The molecule has 5 heteroatoms. The van der Waals surface area contributed by atoms with E-state index in [4.69, 9.17) is 9.15 Å². The Labute approximate surface area is 141 Å². The van der Waals surface area contributed by atoms with Crippen molar-refractivity contribution in [2.45, 2.75) is 19.4 Å². The quantitative estimate of drug-likeness (QED) is 0.623. The van der Waals surface area contributed by atoms with Crippen molar-refractivity contribution < 1.29 is 18.7 Å². The van der Waals surface area contributed by atoms with Crippen LogP contribution in [0.5, 0.6) is 0 Å². The maximum absolute atomic E-state index is 12.5. The highest BCUT2D eigenvalue weighted by atomic mass is 16.5. The maximum Gasteiger partial charge on any atom is 0.374 e. The minimum absolute atomic E-state index is 0.0769. The van der Waals surface area contributed by atoms with Crippen molar-refractivity contribution in [3.8, 4) is 0 Å². The number of esters is 1. The summed E-state index contributed by atoms with van der Waals surface area (Å²) in [6, 6.07) is 11.3. The van der Waals surface area contributed by atoms with E-state index in [1.54, 1.807) is 6.07 Å². The minimum Gasteiger partial charge on any atom is -0.463 e. The zero-order valence-electron chi connectivity index (χ0n) is 13.7. The molecule has 1 aliphatic heterocycles. The van der Waals surface area contributed by atoms with Gasteiger partial charge in [-0.3, -0.25) is 9.69 Å². The second kappa shape index (κ2) is 7.45. The number of carbonyl (C=O) groups excluding carboxylic acids is 2. The first kappa shape index (κ1) is 16.5. The van der Waals surface area contributed by atoms with E-state index in [-0.39, 0.29) is 17.5 Å². The molecule has 0 aliphatic carbocycles. The molecule has 0 saturated carbocycles. The highest BCUT2D eigenvalue weighted by molar-refractivity contribution is 5.97. The van der Waals surface area contributed by atoms with E-state index in [1.807, 2.05) is 30.3 Å². The summed E-state index contributed by atoms with van der Waals surface area (Å²) in [4.78, 5) is 26.4. The third kappa shape index (κ3) is 3.57. The Bertz CT molecular complexity index is 699. The largest absolute Gasteiger partial charge is 0.463 e. The van der Waals surface area contributed by atoms with E-state index in [2.05, 4.69) is 4.90 Å². The molecule has 1 aliphatic rings. The van der Waals surface area contributed by atoms with Crippen LogP contribution < -0.4 is 0 Å². The SMILES string of the molecule is COC(=O)c1occc1CN1CCC(C(=O)c2ccccc2)CC1. The number of Topliss-reactive ketones (excluding diaryl/α,β-unsaturated/α-hetero) is 1. The van der Waals surface area contributed by atoms with Gasteiger partial charge in [-0.2, -0.15) is 0 Å². The second-order valence-corrected chi connectivity index (χ2v) is 6.05. The Morgan fingerprint density at radius 3 is 2.54 bits per heavy atom. The van der Waals surface area contributed by atoms with E-state index < -0.39 is 5.97 Å². The molecule has 1 saturated heterocycles. The number of rotatable bonds is 5. The van der Waals surface area contributed by atoms with Crippen LogP contribution in [0.15, 0.2) is 47.1 Å². The Balaban J connectivity index is 1.57. The van der Waals surface area contributed by atoms with E-state index in [0.717, 1.165) is 37.1 Å². The van der Waals surface area contributed by atoms with Crippen molar-refractivity contribution in [1.29, 1.82) is 0 Å². The number of hydrogen-bond donors (Lipinski definition) is 0. The van der Waals surface area contributed by atoms with Crippen molar-refractivity contribution in [2.75, 3.05) is 20.2 Å². The van der Waals surface area contributed by atoms with Crippen molar-refractivity contribution in [3.63, 3.8) is 0 Å². The highest BCUT2D eigenvalue weighted by Crippen LogP contribution is 2.24. The van der Waals surface area contributed by atoms with E-state index in [9.17, 15) is 9.59 Å². The van der Waals surface area contributed by atoms with E-state index in [0.29, 0.717) is 6.54 Å². The molecule has 0 unspecified atom stereocenters. The van der Waals surface area contributed by atoms with Crippen LogP contribution in [0.2, 0.25) is 0 Å². The summed E-state index contributed by atoms with van der Waals surface area (Å²) in [5.41, 5.74) is 1.62. The van der Waals surface area contributed by atoms with Gasteiger partial charge in [0.1, 0.15) is 0 Å². The molecule has 0 N–H and O–H groups in total. The van der Waals surface area contributed by atoms with Crippen LogP contribution in [0.3, 0.4) is 0 Å². The number of furan rings is 1. The van der Waals surface area contributed by atoms with Gasteiger partial charge in [-0.1, -0.05) is 30.3 Å². The lowest BCUT2D eigenvalue weighted by Gasteiger charge is -2.31. The first-order chi connectivity index (χ1) is 11.7. The van der Waals surface area contributed by atoms with Crippen molar-refractivity contribution >= 4 is 11.8 Å². The molecule has 24 heavy (non-hydrogen) atoms. The van der Waals surface area contributed by atoms with Crippen molar-refractivity contribution in [2.24, 2.45) is 5.92 Å². The highest BCUT2D eigenvalue weighted by Gasteiger charge is 2.27. The maximum atomic E-state index is 12.5. The predicted molar refractivity (Wildman–Crippen MR) is 88.8 cm³/mol. The smallest absolute Gasteiger partial charge is 0.374 e. The third-order valence-electron chi connectivity index (χ3n) is 4.53. The summed E-state index contributed by atoms with van der Waals surface area (Å²) in [6.45, 7) is 2.29. The minimum atomic E-state index is -0.454. The number of benzene rings is 1. The molecule has 2 heterocycles. The molecule has 0 amide bonds. The van der Waals surface area contributed by atoms with Crippen molar-refractivity contribution in [1.82, 2.24) is 4.90 Å². The van der Waals surface area contributed by atoms with Gasteiger partial charge >= 0.3 is 5.97 Å². The van der Waals surface area contributed by atoms with Gasteiger partial charge in [0.05, 0.1) is 13.4 Å². The summed E-state index contributed by atoms with van der Waals surface area (Å²) in [6.07, 6.45) is 3.17. The first-order valence-electron chi connectivity index (χ1n) is 8.15. The molecule has 5 nitrogen and oxygen atoms in total. The number of methoxy groups -OCH3 is 1. The average Bonchev–Trinajstić information content (AvgIpc) is 3.10. The van der Waals surface area contributed by atoms with Gasteiger partial charge < -0.3 is 9.15 Å². The summed E-state index contributed by atoms with van der Waals surface area (Å²) in [5, 5.41) is 0. The van der Waals surface area contributed by atoms with Crippen LogP contribution in [-0.4, -0.2) is 36.9 Å². The fraction of sp³-hybridized carbons (Fsp3) is 0.368. The summed E-state index contributed by atoms with van der Waals surface area (Å²) < 4.78 is 9.95. The van der Waals surface area contributed by atoms with Crippen LogP contribution in [0.25, 0.3) is 0 Å². The number of carbonyl (C=O) groups is 2. The van der Waals surface area contributed by atoms with Crippen LogP contribution in [0, 0.1) is 5.92 Å². The Morgan fingerprint density at radius 2 is 1.88 bits per heavy atom. The van der Waals surface area contributed by atoms with Crippen LogP contribution >= 0.6 is 0 Å². The Morgan fingerprint density at radius 1 is 1.17 bits per heavy atom. The number of hydrogen-bond acceptors (Lipinski definition) is 5. The molecule has 1 aromatic carbocycles. The van der Waals surface area contributed by atoms with Gasteiger partial charge in [-0.15, -0.1) is 0 Å². The van der Waals surface area contributed by atoms with Crippen LogP contribution in [0.4, 0.5) is 0 Å². The van der Waals surface area contributed by atoms with Gasteiger partial charge in [0, 0.05) is 23.6 Å². The second-order valence-electron chi connectivity index (χ2n) is 6.05. The fourth-order valence-corrected chi connectivity index (χ4v) is 3.16. The van der Waals surface area contributed by atoms with Crippen molar-refractivity contribution in [3.05, 3.63) is 59.5 Å². The van der Waals surface area contributed by atoms with Gasteiger partial charge in [-0.05, 0) is 32.0 Å². The topological polar surface area (TPSA) is 59.8 Å². The Kier molecular flexibility index (Phi) is 5.11. The molecule has 0 atom stereocenters. The zero-order valence-corrected chi connectivity index (χ0v) is 13.7. The number of ether oxygens (including phenoxy) is 1. The summed E-state index contributed by atoms with van der Waals surface area (Å²) in [5.74, 6) is 0.117. The van der Waals surface area contributed by atoms with Gasteiger partial charge in [0.2, 0.25) is 5.76 Å². The monoisotopic (exact) mass is 327 g/mol. The lowest BCUT2D eigenvalue weighted by atomic mass is 9.89. The Hall–Kier alpha value is -2.40. The zero-order chi connectivity index (χ0) is 16.9. The molecule has 0 spiro atoms. The average molecular weight is 327 g/mol. The molecule has 0 radical (unpaired) electrons. The standard InChI is InChI=1S/C19H21NO4/c1-23-19(22)18-16(9-12-24-18)13-20-10-7-15(8-11-20)17(21)14-5-3-2-4-6-14/h2-6,9,12,15H,7-8,10-11,13H2,1H3. The lowest BCUT2D eigenvalue weighted by Crippen LogP contribution is -2.36. The van der Waals surface area contributed by atoms with Gasteiger partial charge in [-0.25, -0.2) is 4.79 Å².